The van der Waals surface area contributed by atoms with Crippen molar-refractivity contribution in [1.82, 2.24) is 4.90 Å². The monoisotopic (exact) mass is 443 g/mol. The maximum Gasteiger partial charge on any atom is 0.255 e. The van der Waals surface area contributed by atoms with Crippen molar-refractivity contribution < 1.29 is 9.53 Å². The number of carbonyl (C=O) groups excluding carboxylic acids is 1. The van der Waals surface area contributed by atoms with Gasteiger partial charge in [0.15, 0.2) is 0 Å². The number of nitrogens with one attached hydrogen (secondary N) is 1. The van der Waals surface area contributed by atoms with Gasteiger partial charge in [-0.2, -0.15) is 0 Å². The molecule has 0 bridgehead atoms. The third-order valence-electron chi connectivity index (χ3n) is 5.49. The highest BCUT2D eigenvalue weighted by atomic mass is 79.9. The topological polar surface area (TPSA) is 44.8 Å². The summed E-state index contributed by atoms with van der Waals surface area (Å²) < 4.78 is 7.12. The Morgan fingerprint density at radius 3 is 2.64 bits per heavy atom. The predicted octanol–water partition coefficient (Wildman–Crippen LogP) is 4.09. The maximum absolute atomic E-state index is 12.8. The molecular weight excluding hydrogens is 418 g/mol. The first-order valence-electron chi connectivity index (χ1n) is 9.75. The lowest BCUT2D eigenvalue weighted by Crippen LogP contribution is -2.44. The van der Waals surface area contributed by atoms with Crippen LogP contribution in [0.15, 0.2) is 34.8 Å². The second-order valence-electron chi connectivity index (χ2n) is 7.82. The molecule has 28 heavy (non-hydrogen) atoms. The van der Waals surface area contributed by atoms with Gasteiger partial charge in [0.05, 0.1) is 5.69 Å². The predicted molar refractivity (Wildman–Crippen MR) is 117 cm³/mol. The molecule has 0 aliphatic carbocycles. The Morgan fingerprint density at radius 1 is 1.18 bits per heavy atom. The number of hydrogen-bond acceptors (Lipinski definition) is 4. The molecule has 1 unspecified atom stereocenters. The summed E-state index contributed by atoms with van der Waals surface area (Å²) in [4.78, 5) is 17.5. The van der Waals surface area contributed by atoms with E-state index in [1.807, 2.05) is 25.1 Å². The minimum atomic E-state index is -0.0909. The lowest BCUT2D eigenvalue weighted by Gasteiger charge is -2.35. The molecule has 1 fully saturated rings. The molecule has 0 saturated carbocycles. The molecule has 2 heterocycles. The summed E-state index contributed by atoms with van der Waals surface area (Å²) >= 11 is 3.49. The highest BCUT2D eigenvalue weighted by molar-refractivity contribution is 9.10. The Hall–Kier alpha value is -2.05. The van der Waals surface area contributed by atoms with Crippen molar-refractivity contribution in [3.05, 3.63) is 51.5 Å². The van der Waals surface area contributed by atoms with Crippen LogP contribution < -0.4 is 15.0 Å². The van der Waals surface area contributed by atoms with Gasteiger partial charge in [-0.05, 0) is 56.8 Å². The first kappa shape index (κ1) is 19.3. The molecule has 2 aromatic carbocycles. The summed E-state index contributed by atoms with van der Waals surface area (Å²) in [6.07, 6.45) is 1.04. The molecule has 1 atom stereocenters. The van der Waals surface area contributed by atoms with Gasteiger partial charge in [-0.3, -0.25) is 4.79 Å². The van der Waals surface area contributed by atoms with Crippen molar-refractivity contribution in [3.63, 3.8) is 0 Å². The third-order valence-corrected chi connectivity index (χ3v) is 6.38. The van der Waals surface area contributed by atoms with Crippen molar-refractivity contribution in [2.45, 2.75) is 26.4 Å². The highest BCUT2D eigenvalue weighted by Gasteiger charge is 2.27. The normalized spacial score (nSPS) is 19.3. The number of ether oxygens (including phenoxy) is 1. The molecule has 148 valence electrons. The number of halogens is 1. The fraction of sp³-hybridized carbons (Fsp3) is 0.409. The summed E-state index contributed by atoms with van der Waals surface area (Å²) in [5.74, 6) is 0.890. The van der Waals surface area contributed by atoms with Gasteiger partial charge in [0.25, 0.3) is 5.91 Å². The van der Waals surface area contributed by atoms with Crippen molar-refractivity contribution in [1.29, 1.82) is 0 Å². The molecule has 1 saturated heterocycles. The van der Waals surface area contributed by atoms with Gasteiger partial charge in [0.2, 0.25) is 0 Å². The SMILES string of the molecule is Cc1cc(C(=O)Nc2cc3c(c(N4CCN(C)CC4)c2)OC(C)C3)ccc1Br. The number of benzene rings is 2. The van der Waals surface area contributed by atoms with Crippen LogP contribution in [0.4, 0.5) is 11.4 Å². The van der Waals surface area contributed by atoms with E-state index >= 15 is 0 Å². The number of anilines is 2. The molecule has 6 heteroatoms. The number of carbonyl (C=O) groups is 1. The molecule has 1 amide bonds. The molecule has 4 rings (SSSR count). The number of nitrogens with zero attached hydrogens (tertiary/aromatic N) is 2. The molecular formula is C22H26BrN3O2. The zero-order chi connectivity index (χ0) is 19.8. The van der Waals surface area contributed by atoms with Crippen molar-refractivity contribution in [2.24, 2.45) is 0 Å². The van der Waals surface area contributed by atoms with E-state index in [4.69, 9.17) is 4.74 Å². The summed E-state index contributed by atoms with van der Waals surface area (Å²) in [6.45, 7) is 8.06. The standard InChI is InChI=1S/C22H26BrN3O2/c1-14-10-16(4-5-19(14)23)22(27)24-18-12-17-11-15(2)28-21(17)20(13-18)26-8-6-25(3)7-9-26/h4-5,10,12-13,15H,6-9,11H2,1-3H3,(H,24,27). The van der Waals surface area contributed by atoms with E-state index in [0.29, 0.717) is 5.56 Å². The van der Waals surface area contributed by atoms with Crippen LogP contribution in [0.5, 0.6) is 5.75 Å². The van der Waals surface area contributed by atoms with E-state index in [1.54, 1.807) is 0 Å². The van der Waals surface area contributed by atoms with E-state index in [9.17, 15) is 4.79 Å². The van der Waals surface area contributed by atoms with Crippen molar-refractivity contribution in [2.75, 3.05) is 43.4 Å². The molecule has 2 aliphatic rings. The lowest BCUT2D eigenvalue weighted by atomic mass is 10.1. The van der Waals surface area contributed by atoms with Crippen LogP contribution in [-0.2, 0) is 6.42 Å². The van der Waals surface area contributed by atoms with Crippen LogP contribution in [0.3, 0.4) is 0 Å². The average Bonchev–Trinajstić information content (AvgIpc) is 3.04. The third kappa shape index (κ3) is 3.89. The fourth-order valence-corrected chi connectivity index (χ4v) is 4.10. The van der Waals surface area contributed by atoms with E-state index < -0.39 is 0 Å². The van der Waals surface area contributed by atoms with Crippen LogP contribution in [0.1, 0.15) is 28.4 Å². The number of likely N-dealkylation sites (N-methyl/N-ethyl adjacent to an activating group) is 1. The van der Waals surface area contributed by atoms with Gasteiger partial charge in [0.1, 0.15) is 11.9 Å². The van der Waals surface area contributed by atoms with E-state index in [1.165, 1.54) is 5.56 Å². The van der Waals surface area contributed by atoms with Gasteiger partial charge in [-0.1, -0.05) is 15.9 Å². The van der Waals surface area contributed by atoms with Crippen LogP contribution in [0, 0.1) is 6.92 Å². The van der Waals surface area contributed by atoms with Gasteiger partial charge in [-0.15, -0.1) is 0 Å². The Balaban J connectivity index is 1.62. The summed E-state index contributed by atoms with van der Waals surface area (Å²) in [5.41, 5.74) is 4.80. The summed E-state index contributed by atoms with van der Waals surface area (Å²) in [7, 11) is 2.15. The van der Waals surface area contributed by atoms with Crippen LogP contribution >= 0.6 is 15.9 Å². The average molecular weight is 444 g/mol. The second-order valence-corrected chi connectivity index (χ2v) is 8.68. The molecule has 0 spiro atoms. The Labute approximate surface area is 174 Å². The minimum Gasteiger partial charge on any atom is -0.488 e. The zero-order valence-electron chi connectivity index (χ0n) is 16.6. The smallest absolute Gasteiger partial charge is 0.255 e. The van der Waals surface area contributed by atoms with Gasteiger partial charge in [-0.25, -0.2) is 0 Å². The molecule has 5 nitrogen and oxygen atoms in total. The lowest BCUT2D eigenvalue weighted by molar-refractivity contribution is 0.102. The Kier molecular flexibility index (Phi) is 5.34. The summed E-state index contributed by atoms with van der Waals surface area (Å²) in [6, 6.07) is 9.78. The van der Waals surface area contributed by atoms with Crippen LogP contribution in [0.2, 0.25) is 0 Å². The number of hydrogen-bond donors (Lipinski definition) is 1. The molecule has 2 aromatic rings. The molecule has 2 aliphatic heterocycles. The highest BCUT2D eigenvalue weighted by Crippen LogP contribution is 2.41. The fourth-order valence-electron chi connectivity index (χ4n) is 3.86. The van der Waals surface area contributed by atoms with E-state index in [2.05, 4.69) is 57.2 Å². The number of aryl methyl sites for hydroxylation is 1. The van der Waals surface area contributed by atoms with Crippen LogP contribution in [-0.4, -0.2) is 50.1 Å². The summed E-state index contributed by atoms with van der Waals surface area (Å²) in [5, 5.41) is 3.09. The Bertz CT molecular complexity index is 907. The van der Waals surface area contributed by atoms with Crippen LogP contribution in [0.25, 0.3) is 0 Å². The van der Waals surface area contributed by atoms with Gasteiger partial charge < -0.3 is 19.9 Å². The number of fused-ring (bicyclic) bond motifs is 1. The number of amides is 1. The number of piperazine rings is 1. The largest absolute Gasteiger partial charge is 0.488 e. The molecule has 0 radical (unpaired) electrons. The quantitative estimate of drug-likeness (QED) is 0.775. The van der Waals surface area contributed by atoms with Crippen molar-refractivity contribution >= 4 is 33.2 Å². The first-order chi connectivity index (χ1) is 13.4. The van der Waals surface area contributed by atoms with Gasteiger partial charge in [0, 0.05) is 53.9 Å². The Morgan fingerprint density at radius 2 is 1.93 bits per heavy atom. The molecule has 1 N–H and O–H groups in total. The zero-order valence-corrected chi connectivity index (χ0v) is 18.2. The van der Waals surface area contributed by atoms with Crippen molar-refractivity contribution in [3.8, 4) is 5.75 Å². The van der Waals surface area contributed by atoms with Gasteiger partial charge >= 0.3 is 0 Å². The maximum atomic E-state index is 12.8. The second kappa shape index (κ2) is 7.76. The molecule has 0 aromatic heterocycles. The van der Waals surface area contributed by atoms with E-state index in [0.717, 1.165) is 59.8 Å². The number of rotatable bonds is 3. The minimum absolute atomic E-state index is 0.0909. The van der Waals surface area contributed by atoms with E-state index in [-0.39, 0.29) is 12.0 Å². The first-order valence-corrected chi connectivity index (χ1v) is 10.5.